The summed E-state index contributed by atoms with van der Waals surface area (Å²) >= 11 is 0. The monoisotopic (exact) mass is 580 g/mol. The number of hydrogen-bond donors (Lipinski definition) is 2. The average Bonchev–Trinajstić information content (AvgIpc) is 3.49. The number of benzene rings is 1. The maximum absolute atomic E-state index is 10.1. The van der Waals surface area contributed by atoms with Crippen molar-refractivity contribution in [3.05, 3.63) is 78.2 Å². The van der Waals surface area contributed by atoms with E-state index in [0.29, 0.717) is 17.9 Å². The highest BCUT2D eigenvalue weighted by atomic mass is 16.5. The van der Waals surface area contributed by atoms with Crippen molar-refractivity contribution in [2.24, 2.45) is 0 Å². The van der Waals surface area contributed by atoms with Gasteiger partial charge in [0.2, 0.25) is 6.41 Å². The molecule has 224 valence electrons. The lowest BCUT2D eigenvalue weighted by atomic mass is 9.82. The van der Waals surface area contributed by atoms with E-state index < -0.39 is 0 Å². The molecule has 5 heterocycles. The first-order chi connectivity index (χ1) is 21.1. The second-order valence-electron chi connectivity index (χ2n) is 11.0. The van der Waals surface area contributed by atoms with Gasteiger partial charge in [-0.05, 0) is 57.0 Å². The van der Waals surface area contributed by atoms with Crippen LogP contribution in [0.2, 0.25) is 0 Å². The van der Waals surface area contributed by atoms with Gasteiger partial charge in [-0.25, -0.2) is 9.50 Å². The van der Waals surface area contributed by atoms with Crippen LogP contribution in [-0.2, 0) is 11.2 Å². The highest BCUT2D eigenvalue weighted by Gasteiger charge is 2.33. The number of ether oxygens (including phenoxy) is 1. The number of nitriles is 1. The first-order valence-corrected chi connectivity index (χ1v) is 15.0. The number of likely N-dealkylation sites (N-methyl/N-ethyl adjacent to an activating group) is 1. The van der Waals surface area contributed by atoms with Crippen LogP contribution in [0.4, 0.5) is 5.82 Å². The van der Waals surface area contributed by atoms with Gasteiger partial charge >= 0.3 is 0 Å². The summed E-state index contributed by atoms with van der Waals surface area (Å²) in [5.74, 6) is 1.69. The van der Waals surface area contributed by atoms with Gasteiger partial charge < -0.3 is 25.2 Å². The second kappa shape index (κ2) is 14.1. The molecule has 2 fully saturated rings. The minimum Gasteiger partial charge on any atom is -0.492 e. The van der Waals surface area contributed by atoms with Crippen LogP contribution in [0, 0.1) is 11.3 Å². The van der Waals surface area contributed by atoms with Gasteiger partial charge in [-0.15, -0.1) is 0 Å². The first-order valence-electron chi connectivity index (χ1n) is 15.0. The Labute approximate surface area is 253 Å². The van der Waals surface area contributed by atoms with Crippen molar-refractivity contribution in [3.63, 3.8) is 0 Å². The highest BCUT2D eigenvalue weighted by Crippen LogP contribution is 2.33. The SMILES string of the molecule is CCOc1cc(-c2ccc(N3CCC(Cc4ccccc4)(NC)CC3)nc2)c2c(C#N)cnn2c1.O=CN1CCNCC1. The summed E-state index contributed by atoms with van der Waals surface area (Å²) in [7, 11) is 2.08. The Morgan fingerprint density at radius 3 is 2.47 bits per heavy atom. The van der Waals surface area contributed by atoms with E-state index >= 15 is 0 Å². The van der Waals surface area contributed by atoms with E-state index in [-0.39, 0.29) is 5.54 Å². The number of aromatic nitrogens is 3. The molecule has 43 heavy (non-hydrogen) atoms. The van der Waals surface area contributed by atoms with Crippen LogP contribution in [0.5, 0.6) is 5.75 Å². The van der Waals surface area contributed by atoms with Crippen molar-refractivity contribution in [2.75, 3.05) is 57.8 Å². The molecule has 0 aliphatic carbocycles. The fourth-order valence-electron chi connectivity index (χ4n) is 5.83. The summed E-state index contributed by atoms with van der Waals surface area (Å²) in [5, 5.41) is 20.7. The molecule has 6 rings (SSSR count). The van der Waals surface area contributed by atoms with Crippen molar-refractivity contribution in [3.8, 4) is 22.9 Å². The van der Waals surface area contributed by atoms with Gasteiger partial charge in [0, 0.05) is 62.1 Å². The molecular weight excluding hydrogens is 540 g/mol. The van der Waals surface area contributed by atoms with Crippen molar-refractivity contribution < 1.29 is 9.53 Å². The predicted octanol–water partition coefficient (Wildman–Crippen LogP) is 3.52. The number of piperidine rings is 1. The van der Waals surface area contributed by atoms with Gasteiger partial charge in [0.25, 0.3) is 0 Å². The Kier molecular flexibility index (Phi) is 9.87. The number of nitrogens with one attached hydrogen (secondary N) is 2. The number of rotatable bonds is 8. The van der Waals surface area contributed by atoms with Gasteiger partial charge in [-0.2, -0.15) is 10.4 Å². The van der Waals surface area contributed by atoms with E-state index in [1.807, 2.05) is 25.4 Å². The van der Waals surface area contributed by atoms with Crippen LogP contribution in [0.3, 0.4) is 0 Å². The number of piperazine rings is 1. The Bertz CT molecular complexity index is 1520. The Morgan fingerprint density at radius 2 is 1.86 bits per heavy atom. The number of hydrogen-bond acceptors (Lipinski definition) is 8. The quantitative estimate of drug-likeness (QED) is 0.305. The Hall–Kier alpha value is -4.46. The lowest BCUT2D eigenvalue weighted by Gasteiger charge is -2.42. The number of anilines is 1. The molecule has 0 atom stereocenters. The number of fused-ring (bicyclic) bond motifs is 1. The van der Waals surface area contributed by atoms with Crippen molar-refractivity contribution in [1.82, 2.24) is 30.1 Å². The van der Waals surface area contributed by atoms with Crippen LogP contribution in [0.25, 0.3) is 16.6 Å². The summed E-state index contributed by atoms with van der Waals surface area (Å²) in [4.78, 5) is 19.0. The Morgan fingerprint density at radius 1 is 1.09 bits per heavy atom. The summed E-state index contributed by atoms with van der Waals surface area (Å²) in [6.45, 7) is 8.02. The van der Waals surface area contributed by atoms with Crippen molar-refractivity contribution in [2.45, 2.75) is 31.7 Å². The maximum atomic E-state index is 10.1. The predicted molar refractivity (Wildman–Crippen MR) is 168 cm³/mol. The summed E-state index contributed by atoms with van der Waals surface area (Å²) < 4.78 is 7.44. The van der Waals surface area contributed by atoms with Gasteiger partial charge in [0.15, 0.2) is 0 Å². The molecule has 3 aromatic heterocycles. The van der Waals surface area contributed by atoms with Gasteiger partial charge in [0.05, 0.1) is 30.1 Å². The standard InChI is InChI=1S/C28H30N6O.C5H10N2O/c1-3-35-24-15-25(27-23(17-29)19-32-34(27)20-24)22-9-10-26(31-18-22)33-13-11-28(30-2,12-14-33)16-21-7-5-4-6-8-21;8-5-7-3-1-6-2-4-7/h4-10,15,18-20,30H,3,11-14,16H2,1-2H3;5-6H,1-4H2. The molecule has 0 unspecified atom stereocenters. The molecule has 4 aromatic rings. The minimum absolute atomic E-state index is 0.110. The summed E-state index contributed by atoms with van der Waals surface area (Å²) in [6.07, 6.45) is 9.33. The van der Waals surface area contributed by atoms with E-state index in [2.05, 4.69) is 76.2 Å². The number of pyridine rings is 2. The van der Waals surface area contributed by atoms with E-state index in [1.54, 1.807) is 15.6 Å². The largest absolute Gasteiger partial charge is 0.492 e. The maximum Gasteiger partial charge on any atom is 0.209 e. The average molecular weight is 581 g/mol. The van der Waals surface area contributed by atoms with E-state index in [1.165, 1.54) is 5.56 Å². The molecule has 1 aromatic carbocycles. The third-order valence-corrected chi connectivity index (χ3v) is 8.34. The van der Waals surface area contributed by atoms with Crippen molar-refractivity contribution in [1.29, 1.82) is 5.26 Å². The van der Waals surface area contributed by atoms with Gasteiger partial charge in [-0.3, -0.25) is 4.79 Å². The summed E-state index contributed by atoms with van der Waals surface area (Å²) in [6, 6.07) is 19.1. The Balaban J connectivity index is 0.000000400. The molecule has 0 radical (unpaired) electrons. The smallest absolute Gasteiger partial charge is 0.209 e. The molecule has 2 aliphatic heterocycles. The van der Waals surface area contributed by atoms with Crippen LogP contribution in [0.1, 0.15) is 30.9 Å². The van der Waals surface area contributed by atoms with Gasteiger partial charge in [-0.1, -0.05) is 30.3 Å². The summed E-state index contributed by atoms with van der Waals surface area (Å²) in [5.41, 5.74) is 4.60. The molecule has 2 aliphatic rings. The van der Waals surface area contributed by atoms with E-state index in [9.17, 15) is 10.1 Å². The second-order valence-corrected chi connectivity index (χ2v) is 11.0. The van der Waals surface area contributed by atoms with Crippen LogP contribution in [-0.4, -0.2) is 84.4 Å². The third kappa shape index (κ3) is 7.13. The molecular formula is C33H40N8O2. The number of carbonyl (C=O) groups excluding carboxylic acids is 1. The number of amides is 1. The molecule has 0 spiro atoms. The van der Waals surface area contributed by atoms with Gasteiger partial charge in [0.1, 0.15) is 17.6 Å². The fraction of sp³-hybridized carbons (Fsp3) is 0.394. The topological polar surface area (TPSA) is 111 Å². The van der Waals surface area contributed by atoms with E-state index in [4.69, 9.17) is 9.72 Å². The fourth-order valence-corrected chi connectivity index (χ4v) is 5.83. The number of nitrogens with zero attached hydrogens (tertiary/aromatic N) is 6. The highest BCUT2D eigenvalue weighted by molar-refractivity contribution is 5.85. The third-order valence-electron chi connectivity index (χ3n) is 8.34. The first kappa shape index (κ1) is 30.0. The zero-order valence-electron chi connectivity index (χ0n) is 25.0. The molecule has 0 saturated carbocycles. The van der Waals surface area contributed by atoms with Crippen LogP contribution in [0.15, 0.2) is 67.1 Å². The molecule has 1 amide bonds. The molecule has 10 nitrogen and oxygen atoms in total. The molecule has 0 bridgehead atoms. The van der Waals surface area contributed by atoms with Crippen LogP contribution < -0.4 is 20.3 Å². The molecule has 2 saturated heterocycles. The number of carbonyl (C=O) groups is 1. The lowest BCUT2D eigenvalue weighted by Crippen LogP contribution is -2.53. The van der Waals surface area contributed by atoms with Crippen LogP contribution >= 0.6 is 0 Å². The molecule has 10 heteroatoms. The zero-order valence-corrected chi connectivity index (χ0v) is 25.0. The lowest BCUT2D eigenvalue weighted by molar-refractivity contribution is -0.118. The van der Waals surface area contributed by atoms with E-state index in [0.717, 1.165) is 87.4 Å². The van der Waals surface area contributed by atoms with Crippen molar-refractivity contribution >= 4 is 17.7 Å². The molecule has 2 N–H and O–H groups in total. The normalized spacial score (nSPS) is 16.2. The minimum atomic E-state index is 0.110. The zero-order chi connectivity index (χ0) is 30.1.